The van der Waals surface area contributed by atoms with Crippen LogP contribution in [0.1, 0.15) is 207 Å². The van der Waals surface area contributed by atoms with Crippen LogP contribution < -0.4 is 5.32 Å². The van der Waals surface area contributed by atoms with Crippen LogP contribution in [0.5, 0.6) is 0 Å². The van der Waals surface area contributed by atoms with Gasteiger partial charge >= 0.3 is 17.8 Å². The van der Waals surface area contributed by atoms with E-state index in [0.29, 0.717) is 0 Å². The summed E-state index contributed by atoms with van der Waals surface area (Å²) in [5.41, 5.74) is 0. The SMILES string of the molecule is CCCCCCCCCCCCCCCC(=O)OC(C)(NC(C)O)OC(=O)CCCCCCCCCCCCCCC. The summed E-state index contributed by atoms with van der Waals surface area (Å²) in [7, 11) is 0. The molecule has 0 rings (SSSR count). The number of ether oxygens (including phenoxy) is 2. The molecule has 0 aromatic carbocycles. The molecule has 250 valence electrons. The molecular weight excluding hydrogens is 526 g/mol. The van der Waals surface area contributed by atoms with E-state index in [1.807, 2.05) is 0 Å². The first-order chi connectivity index (χ1) is 20.3. The topological polar surface area (TPSA) is 84.9 Å². The van der Waals surface area contributed by atoms with Gasteiger partial charge in [0.2, 0.25) is 0 Å². The van der Waals surface area contributed by atoms with Gasteiger partial charge in [-0.2, -0.15) is 0 Å². The molecule has 42 heavy (non-hydrogen) atoms. The van der Waals surface area contributed by atoms with Crippen LogP contribution in [0.3, 0.4) is 0 Å². The van der Waals surface area contributed by atoms with Gasteiger partial charge in [0.25, 0.3) is 0 Å². The molecule has 2 N–H and O–H groups in total. The van der Waals surface area contributed by atoms with Crippen LogP contribution in [0.2, 0.25) is 0 Å². The molecule has 0 saturated heterocycles. The summed E-state index contributed by atoms with van der Waals surface area (Å²) in [6.45, 7) is 7.52. The zero-order valence-electron chi connectivity index (χ0n) is 28.5. The van der Waals surface area contributed by atoms with E-state index in [4.69, 9.17) is 9.47 Å². The highest BCUT2D eigenvalue weighted by Crippen LogP contribution is 2.18. The number of carbonyl (C=O) groups is 2. The Bertz CT molecular complexity index is 566. The molecular formula is C36H71NO5. The third kappa shape index (κ3) is 29.0. The zero-order valence-corrected chi connectivity index (χ0v) is 28.5. The van der Waals surface area contributed by atoms with Crippen molar-refractivity contribution in [1.29, 1.82) is 0 Å². The number of aliphatic hydroxyl groups excluding tert-OH is 1. The lowest BCUT2D eigenvalue weighted by molar-refractivity contribution is -0.242. The van der Waals surface area contributed by atoms with Crippen LogP contribution in [0.25, 0.3) is 0 Å². The first-order valence-corrected chi connectivity index (χ1v) is 18.2. The van der Waals surface area contributed by atoms with Crippen molar-refractivity contribution in [2.75, 3.05) is 0 Å². The fourth-order valence-corrected chi connectivity index (χ4v) is 5.57. The van der Waals surface area contributed by atoms with Crippen LogP contribution in [0.15, 0.2) is 0 Å². The number of aliphatic hydroxyl groups is 1. The highest BCUT2D eigenvalue weighted by molar-refractivity contribution is 5.71. The summed E-state index contributed by atoms with van der Waals surface area (Å²) in [5, 5.41) is 12.5. The number of esters is 2. The molecule has 6 heteroatoms. The van der Waals surface area contributed by atoms with Crippen molar-refractivity contribution < 1.29 is 24.2 Å². The van der Waals surface area contributed by atoms with E-state index < -0.39 is 24.1 Å². The van der Waals surface area contributed by atoms with Crippen molar-refractivity contribution in [3.05, 3.63) is 0 Å². The van der Waals surface area contributed by atoms with Gasteiger partial charge in [-0.1, -0.05) is 168 Å². The van der Waals surface area contributed by atoms with Crippen molar-refractivity contribution in [2.45, 2.75) is 220 Å². The average Bonchev–Trinajstić information content (AvgIpc) is 2.93. The minimum atomic E-state index is -1.66. The number of carbonyl (C=O) groups excluding carboxylic acids is 2. The second-order valence-electron chi connectivity index (χ2n) is 12.7. The van der Waals surface area contributed by atoms with E-state index in [9.17, 15) is 14.7 Å². The highest BCUT2D eigenvalue weighted by atomic mass is 16.7. The van der Waals surface area contributed by atoms with Crippen LogP contribution in [0, 0.1) is 0 Å². The summed E-state index contributed by atoms with van der Waals surface area (Å²) in [6.07, 6.45) is 32.0. The molecule has 0 fully saturated rings. The fourth-order valence-electron chi connectivity index (χ4n) is 5.57. The van der Waals surface area contributed by atoms with Crippen molar-refractivity contribution in [3.63, 3.8) is 0 Å². The maximum atomic E-state index is 12.5. The minimum absolute atomic E-state index is 0.283. The van der Waals surface area contributed by atoms with Gasteiger partial charge < -0.3 is 14.6 Å². The lowest BCUT2D eigenvalue weighted by Gasteiger charge is -2.31. The lowest BCUT2D eigenvalue weighted by Crippen LogP contribution is -2.53. The summed E-state index contributed by atoms with van der Waals surface area (Å²) >= 11 is 0. The van der Waals surface area contributed by atoms with E-state index in [0.717, 1.165) is 38.5 Å². The van der Waals surface area contributed by atoms with Crippen LogP contribution >= 0.6 is 0 Å². The molecule has 0 spiro atoms. The summed E-state index contributed by atoms with van der Waals surface area (Å²) < 4.78 is 11.0. The van der Waals surface area contributed by atoms with E-state index in [-0.39, 0.29) is 12.8 Å². The minimum Gasteiger partial charge on any atom is -0.409 e. The monoisotopic (exact) mass is 598 g/mol. The van der Waals surface area contributed by atoms with E-state index in [2.05, 4.69) is 19.2 Å². The Balaban J connectivity index is 3.92. The molecule has 0 bridgehead atoms. The first kappa shape index (κ1) is 40.9. The predicted molar refractivity (Wildman–Crippen MR) is 176 cm³/mol. The number of unbranched alkanes of at least 4 members (excludes halogenated alkanes) is 24. The average molecular weight is 598 g/mol. The Labute approximate surface area is 260 Å². The number of hydrogen-bond donors (Lipinski definition) is 2. The van der Waals surface area contributed by atoms with Gasteiger partial charge in [0.1, 0.15) is 6.23 Å². The molecule has 0 aromatic heterocycles. The van der Waals surface area contributed by atoms with E-state index >= 15 is 0 Å². The Morgan fingerprint density at radius 3 is 1.00 bits per heavy atom. The molecule has 0 saturated carbocycles. The lowest BCUT2D eigenvalue weighted by atomic mass is 10.0. The maximum absolute atomic E-state index is 12.5. The second kappa shape index (κ2) is 29.9. The fraction of sp³-hybridized carbons (Fsp3) is 0.944. The standard InChI is InChI=1S/C36H71NO5/c1-5-7-9-11-13-15-17-19-21-23-25-27-29-31-34(39)41-36(4,37-33(3)38)42-35(40)32-30-28-26-24-22-20-18-16-14-12-10-8-6-2/h33,37-38H,5-32H2,1-4H3. The smallest absolute Gasteiger partial charge is 0.317 e. The van der Waals surface area contributed by atoms with Gasteiger partial charge in [-0.25, -0.2) is 5.32 Å². The van der Waals surface area contributed by atoms with Crippen LogP contribution in [0.4, 0.5) is 0 Å². The first-order valence-electron chi connectivity index (χ1n) is 18.2. The molecule has 0 radical (unpaired) electrons. The van der Waals surface area contributed by atoms with Gasteiger partial charge in [0, 0.05) is 19.8 Å². The summed E-state index contributed by atoms with van der Waals surface area (Å²) in [6, 6.07) is 0. The quantitative estimate of drug-likeness (QED) is 0.0456. The third-order valence-corrected chi connectivity index (χ3v) is 8.06. The Morgan fingerprint density at radius 2 is 0.762 bits per heavy atom. The Hall–Kier alpha value is -1.14. The van der Waals surface area contributed by atoms with Crippen molar-refractivity contribution in [3.8, 4) is 0 Å². The van der Waals surface area contributed by atoms with E-state index in [1.54, 1.807) is 0 Å². The number of rotatable bonds is 32. The molecule has 0 amide bonds. The van der Waals surface area contributed by atoms with Gasteiger partial charge in [-0.05, 0) is 19.8 Å². The molecule has 0 aliphatic rings. The zero-order chi connectivity index (χ0) is 31.2. The maximum Gasteiger partial charge on any atom is 0.317 e. The van der Waals surface area contributed by atoms with Crippen LogP contribution in [-0.2, 0) is 19.1 Å². The Kier molecular flexibility index (Phi) is 29.1. The molecule has 1 unspecified atom stereocenters. The predicted octanol–water partition coefficient (Wildman–Crippen LogP) is 10.6. The van der Waals surface area contributed by atoms with Crippen molar-refractivity contribution in [1.82, 2.24) is 5.32 Å². The summed E-state index contributed by atoms with van der Waals surface area (Å²) in [5.74, 6) is -2.49. The van der Waals surface area contributed by atoms with Crippen molar-refractivity contribution in [2.24, 2.45) is 0 Å². The molecule has 1 atom stereocenters. The number of hydrogen-bond acceptors (Lipinski definition) is 6. The second-order valence-corrected chi connectivity index (χ2v) is 12.7. The largest absolute Gasteiger partial charge is 0.409 e. The molecule has 0 aliphatic heterocycles. The van der Waals surface area contributed by atoms with Gasteiger partial charge in [-0.3, -0.25) is 9.59 Å². The van der Waals surface area contributed by atoms with Crippen LogP contribution in [-0.4, -0.2) is 29.2 Å². The molecule has 0 aliphatic carbocycles. The summed E-state index contributed by atoms with van der Waals surface area (Å²) in [4.78, 5) is 24.9. The van der Waals surface area contributed by atoms with Crippen molar-refractivity contribution >= 4 is 11.9 Å². The molecule has 0 aromatic rings. The van der Waals surface area contributed by atoms with Gasteiger partial charge in [0.05, 0.1) is 0 Å². The van der Waals surface area contributed by atoms with Gasteiger partial charge in [0.15, 0.2) is 0 Å². The number of nitrogens with one attached hydrogen (secondary N) is 1. The van der Waals surface area contributed by atoms with Gasteiger partial charge in [-0.15, -0.1) is 0 Å². The normalized spacial score (nSPS) is 12.4. The molecule has 0 heterocycles. The molecule has 6 nitrogen and oxygen atoms in total. The van der Waals surface area contributed by atoms with E-state index in [1.165, 1.54) is 142 Å². The Morgan fingerprint density at radius 1 is 0.524 bits per heavy atom. The highest BCUT2D eigenvalue weighted by Gasteiger charge is 2.34. The third-order valence-electron chi connectivity index (χ3n) is 8.06.